The molecule has 264 valence electrons. The van der Waals surface area contributed by atoms with Gasteiger partial charge in [-0.1, -0.05) is 53.7 Å². The van der Waals surface area contributed by atoms with E-state index in [0.717, 1.165) is 38.4 Å². The van der Waals surface area contributed by atoms with Gasteiger partial charge in [0.25, 0.3) is 11.8 Å². The van der Waals surface area contributed by atoms with Gasteiger partial charge >= 0.3 is 11.9 Å². The first-order valence-electron chi connectivity index (χ1n) is 17.1. The van der Waals surface area contributed by atoms with E-state index in [1.54, 1.807) is 19.2 Å². The zero-order chi connectivity index (χ0) is 36.4. The Hall–Kier alpha value is -6.54. The van der Waals surface area contributed by atoms with Gasteiger partial charge in [0.05, 0.1) is 68.2 Å². The first-order chi connectivity index (χ1) is 25.8. The third-order valence-electron chi connectivity index (χ3n) is 11.2. The number of aliphatic hydroxyl groups excluding tert-OH is 1. The van der Waals surface area contributed by atoms with Crippen LogP contribution in [0.3, 0.4) is 0 Å². The van der Waals surface area contributed by atoms with Gasteiger partial charge in [0, 0.05) is 32.6 Å². The third-order valence-corrected chi connectivity index (χ3v) is 11.2. The maximum absolute atomic E-state index is 14.7. The van der Waals surface area contributed by atoms with Crippen molar-refractivity contribution in [2.45, 2.75) is 37.2 Å². The van der Waals surface area contributed by atoms with Crippen molar-refractivity contribution in [3.63, 3.8) is 0 Å². The predicted octanol–water partition coefficient (Wildman–Crippen LogP) is 4.97. The number of esters is 2. The van der Waals surface area contributed by atoms with Crippen LogP contribution in [0.15, 0.2) is 72.8 Å². The van der Waals surface area contributed by atoms with E-state index >= 15 is 0 Å². The minimum atomic E-state index is -1.16. The maximum atomic E-state index is 14.7. The highest BCUT2D eigenvalue weighted by Crippen LogP contribution is 2.57. The molecule has 2 aliphatic heterocycles. The Balaban J connectivity index is 1.30. The SMILES string of the molecule is COC(=O)c1nnn([C@H]2[C@H](O)[C@@H]3C[C@H]2n2c4ccccc4c4c5c(c6c7ccccc7n3c6c42)C(=O)N(Cc2ccc(OC)cc2)C5=O)c1C(=O)OC. The number of hydrogen-bond donors (Lipinski definition) is 1. The zero-order valence-corrected chi connectivity index (χ0v) is 28.6. The van der Waals surface area contributed by atoms with Gasteiger partial charge in [-0.15, -0.1) is 5.10 Å². The summed E-state index contributed by atoms with van der Waals surface area (Å²) in [7, 11) is 3.94. The number of carbonyl (C=O) groups excluding carboxylic acids is 4. The summed E-state index contributed by atoms with van der Waals surface area (Å²) in [5, 5.41) is 23.5. The smallest absolute Gasteiger partial charge is 0.361 e. The van der Waals surface area contributed by atoms with Crippen LogP contribution in [0.5, 0.6) is 5.75 Å². The largest absolute Gasteiger partial charge is 0.497 e. The Labute approximate surface area is 299 Å². The highest BCUT2D eigenvalue weighted by atomic mass is 16.5. The number of rotatable bonds is 6. The molecular formula is C39H30N6O8. The molecule has 14 heteroatoms. The third kappa shape index (κ3) is 3.90. The minimum Gasteiger partial charge on any atom is -0.497 e. The molecule has 0 saturated heterocycles. The number of methoxy groups -OCH3 is 3. The number of ether oxygens (including phenoxy) is 3. The monoisotopic (exact) mass is 710 g/mol. The quantitative estimate of drug-likeness (QED) is 0.184. The van der Waals surface area contributed by atoms with Crippen LogP contribution in [0.4, 0.5) is 0 Å². The molecule has 4 atom stereocenters. The number of aromatic nitrogens is 5. The number of carbonyl (C=O) groups is 4. The van der Waals surface area contributed by atoms with E-state index in [1.807, 2.05) is 60.7 Å². The van der Waals surface area contributed by atoms with Crippen LogP contribution >= 0.6 is 0 Å². The molecule has 0 radical (unpaired) electrons. The molecule has 3 aromatic heterocycles. The number of para-hydroxylation sites is 2. The van der Waals surface area contributed by atoms with E-state index in [9.17, 15) is 24.3 Å². The Bertz CT molecular complexity index is 2780. The maximum Gasteiger partial charge on any atom is 0.361 e. The summed E-state index contributed by atoms with van der Waals surface area (Å²) in [6.45, 7) is 0.0633. The molecule has 0 unspecified atom stereocenters. The topological polar surface area (TPSA) is 160 Å². The van der Waals surface area contributed by atoms with Gasteiger partial charge in [-0.3, -0.25) is 14.5 Å². The summed E-state index contributed by atoms with van der Waals surface area (Å²) < 4.78 is 20.8. The second-order valence-electron chi connectivity index (χ2n) is 13.6. The normalized spacial score (nSPS) is 20.3. The molecule has 14 nitrogen and oxygen atoms in total. The highest BCUT2D eigenvalue weighted by Gasteiger charge is 2.53. The molecule has 3 aliphatic rings. The molecule has 0 spiro atoms. The zero-order valence-electron chi connectivity index (χ0n) is 28.6. The second kappa shape index (κ2) is 11.0. The van der Waals surface area contributed by atoms with Crippen LogP contribution < -0.4 is 4.74 Å². The van der Waals surface area contributed by atoms with Crippen LogP contribution in [0, 0.1) is 0 Å². The van der Waals surface area contributed by atoms with E-state index in [-0.39, 0.29) is 17.9 Å². The highest BCUT2D eigenvalue weighted by molar-refractivity contribution is 6.39. The number of amides is 2. The van der Waals surface area contributed by atoms with Crippen LogP contribution in [0.25, 0.3) is 43.6 Å². The molecule has 1 fully saturated rings. The molecule has 10 rings (SSSR count). The summed E-state index contributed by atoms with van der Waals surface area (Å²) in [5.41, 5.74) is 3.84. The van der Waals surface area contributed by atoms with Gasteiger partial charge in [0.15, 0.2) is 5.69 Å². The van der Waals surface area contributed by atoms with E-state index in [1.165, 1.54) is 23.8 Å². The molecule has 1 N–H and O–H groups in total. The number of nitrogens with zero attached hydrogens (tertiary/aromatic N) is 6. The molecular weight excluding hydrogens is 680 g/mol. The first kappa shape index (κ1) is 31.2. The minimum absolute atomic E-state index is 0.0633. The van der Waals surface area contributed by atoms with Crippen molar-refractivity contribution in [2.75, 3.05) is 21.3 Å². The van der Waals surface area contributed by atoms with Crippen molar-refractivity contribution in [1.29, 1.82) is 0 Å². The first-order valence-corrected chi connectivity index (χ1v) is 17.1. The van der Waals surface area contributed by atoms with E-state index in [2.05, 4.69) is 19.4 Å². The van der Waals surface area contributed by atoms with Crippen molar-refractivity contribution >= 4 is 67.4 Å². The number of fused-ring (bicyclic) bond motifs is 13. The summed E-state index contributed by atoms with van der Waals surface area (Å²) in [6.07, 6.45) is -0.775. The van der Waals surface area contributed by atoms with Crippen molar-refractivity contribution in [1.82, 2.24) is 29.0 Å². The van der Waals surface area contributed by atoms with Gasteiger partial charge in [-0.05, 0) is 36.2 Å². The lowest BCUT2D eigenvalue weighted by molar-refractivity contribution is 0.0520. The molecule has 7 aromatic rings. The fraction of sp³-hybridized carbons (Fsp3) is 0.231. The lowest BCUT2D eigenvalue weighted by atomic mass is 9.96. The number of hydrogen-bond acceptors (Lipinski definition) is 10. The molecule has 2 amide bonds. The number of benzene rings is 4. The van der Waals surface area contributed by atoms with Gasteiger partial charge < -0.3 is 28.5 Å². The predicted molar refractivity (Wildman–Crippen MR) is 190 cm³/mol. The van der Waals surface area contributed by atoms with E-state index < -0.39 is 48.0 Å². The van der Waals surface area contributed by atoms with Gasteiger partial charge in [0.1, 0.15) is 11.8 Å². The standard InChI is InChI=1S/C39H30N6O8/c1-51-19-14-12-18(13-15-19)17-42-36(47)28-26-20-8-4-6-10-22(20)43-24-16-25(35(46)31(24)45-34(39(50)53-3)30(40-41-45)38(49)52-2)44-23-11-7-5-9-21(23)27(29(28)37(42)48)33(44)32(26)43/h4-15,24-25,31,35,46H,16-17H2,1-3H3/t24-,25+,31-,35-/m1/s1. The summed E-state index contributed by atoms with van der Waals surface area (Å²) in [4.78, 5) is 56.8. The molecule has 1 aliphatic carbocycles. The van der Waals surface area contributed by atoms with E-state index in [0.29, 0.717) is 34.1 Å². The average Bonchev–Trinajstić information content (AvgIpc) is 3.96. The van der Waals surface area contributed by atoms with Crippen LogP contribution in [0.2, 0.25) is 0 Å². The molecule has 5 heterocycles. The van der Waals surface area contributed by atoms with Crippen LogP contribution in [0.1, 0.15) is 71.8 Å². The lowest BCUT2D eigenvalue weighted by Crippen LogP contribution is -2.33. The van der Waals surface area contributed by atoms with E-state index in [4.69, 9.17) is 14.2 Å². The van der Waals surface area contributed by atoms with Gasteiger partial charge in [0.2, 0.25) is 5.69 Å². The van der Waals surface area contributed by atoms with Crippen LogP contribution in [-0.4, -0.2) is 85.3 Å². The van der Waals surface area contributed by atoms with Crippen molar-refractivity contribution < 1.29 is 38.5 Å². The Morgan fingerprint density at radius 3 is 1.91 bits per heavy atom. The number of aliphatic hydroxyl groups is 1. The van der Waals surface area contributed by atoms with Crippen molar-refractivity contribution in [2.24, 2.45) is 0 Å². The molecule has 2 bridgehead atoms. The summed E-state index contributed by atoms with van der Waals surface area (Å²) >= 11 is 0. The second-order valence-corrected chi connectivity index (χ2v) is 13.6. The Kier molecular flexibility index (Phi) is 6.47. The molecule has 53 heavy (non-hydrogen) atoms. The van der Waals surface area contributed by atoms with Gasteiger partial charge in [-0.2, -0.15) is 0 Å². The molecule has 4 aromatic carbocycles. The Morgan fingerprint density at radius 2 is 1.34 bits per heavy atom. The molecule has 1 saturated carbocycles. The van der Waals surface area contributed by atoms with Crippen LogP contribution in [-0.2, 0) is 16.0 Å². The number of imide groups is 1. The van der Waals surface area contributed by atoms with Crippen molar-refractivity contribution in [3.8, 4) is 5.75 Å². The summed E-state index contributed by atoms with van der Waals surface area (Å²) in [6, 6.07) is 20.5. The fourth-order valence-corrected chi connectivity index (χ4v) is 9.11. The fourth-order valence-electron chi connectivity index (χ4n) is 9.11. The lowest BCUT2D eigenvalue weighted by Gasteiger charge is -2.28. The Morgan fingerprint density at radius 1 is 0.774 bits per heavy atom. The summed E-state index contributed by atoms with van der Waals surface area (Å²) in [5.74, 6) is -1.87. The average molecular weight is 711 g/mol. The van der Waals surface area contributed by atoms with Crippen molar-refractivity contribution in [3.05, 3.63) is 101 Å². The van der Waals surface area contributed by atoms with Gasteiger partial charge in [-0.25, -0.2) is 14.3 Å².